The Morgan fingerprint density at radius 3 is 2.67 bits per heavy atom. The maximum absolute atomic E-state index is 13.1. The van der Waals surface area contributed by atoms with Crippen LogP contribution >= 0.6 is 0 Å². The van der Waals surface area contributed by atoms with Crippen LogP contribution in [-0.2, 0) is 16.1 Å². The topological polar surface area (TPSA) is 73.5 Å². The summed E-state index contributed by atoms with van der Waals surface area (Å²) in [6.07, 6.45) is 1.84. The van der Waals surface area contributed by atoms with Crippen LogP contribution in [0.4, 0.5) is 10.1 Å². The molecule has 0 aliphatic carbocycles. The number of rotatable bonds is 7. The largest absolute Gasteiger partial charge is 0.353 e. The number of halogens is 1. The van der Waals surface area contributed by atoms with Crippen LogP contribution < -0.4 is 16.0 Å². The van der Waals surface area contributed by atoms with Gasteiger partial charge in [0, 0.05) is 43.8 Å². The molecule has 2 aliphatic heterocycles. The molecular weight excluding hydrogens is 383 g/mol. The van der Waals surface area contributed by atoms with E-state index >= 15 is 0 Å². The highest BCUT2D eigenvalue weighted by atomic mass is 19.1. The highest BCUT2D eigenvalue weighted by Crippen LogP contribution is 2.26. The minimum absolute atomic E-state index is 0.0140. The van der Waals surface area contributed by atoms with E-state index in [1.807, 2.05) is 30.3 Å². The second-order valence-corrected chi connectivity index (χ2v) is 8.00. The third kappa shape index (κ3) is 5.04. The number of benzene rings is 2. The number of carbonyl (C=O) groups excluding carboxylic acids is 2. The summed E-state index contributed by atoms with van der Waals surface area (Å²) in [5.41, 5.74) is 1.81. The molecule has 3 N–H and O–H groups in total. The van der Waals surface area contributed by atoms with E-state index in [1.165, 1.54) is 12.1 Å². The Bertz CT molecular complexity index is 875. The molecule has 2 saturated heterocycles. The number of carbonyl (C=O) groups is 2. The molecule has 0 radical (unpaired) electrons. The second kappa shape index (κ2) is 9.36. The maximum atomic E-state index is 13.1. The minimum Gasteiger partial charge on any atom is -0.353 e. The molecule has 7 heteroatoms. The zero-order valence-electron chi connectivity index (χ0n) is 16.8. The average molecular weight is 410 g/mol. The van der Waals surface area contributed by atoms with Crippen molar-refractivity contribution >= 4 is 17.5 Å². The standard InChI is InChI=1S/C23H27FN4O2/c24-17-8-6-16(7-9-17)13-25-19-12-21-23(30)26-14-20(28(21)15-19)10-11-22(29)27-18-4-2-1-3-5-18/h1-9,19-21,25H,10-15H2,(H,26,30)(H,27,29). The third-order valence-electron chi connectivity index (χ3n) is 5.89. The highest BCUT2D eigenvalue weighted by molar-refractivity contribution is 5.90. The van der Waals surface area contributed by atoms with E-state index in [2.05, 4.69) is 20.9 Å². The second-order valence-electron chi connectivity index (χ2n) is 8.00. The molecule has 2 aliphatic rings. The van der Waals surface area contributed by atoms with Crippen molar-refractivity contribution in [3.05, 3.63) is 66.0 Å². The molecule has 158 valence electrons. The van der Waals surface area contributed by atoms with Crippen molar-refractivity contribution in [2.45, 2.75) is 43.9 Å². The van der Waals surface area contributed by atoms with Gasteiger partial charge < -0.3 is 16.0 Å². The Labute approximate surface area is 175 Å². The van der Waals surface area contributed by atoms with Crippen molar-refractivity contribution in [3.8, 4) is 0 Å². The molecule has 0 saturated carbocycles. The van der Waals surface area contributed by atoms with Crippen molar-refractivity contribution in [1.29, 1.82) is 0 Å². The molecule has 0 bridgehead atoms. The Morgan fingerprint density at radius 2 is 1.90 bits per heavy atom. The number of amides is 2. The molecule has 2 aromatic carbocycles. The van der Waals surface area contributed by atoms with Gasteiger partial charge in [-0.05, 0) is 42.7 Å². The van der Waals surface area contributed by atoms with E-state index in [0.29, 0.717) is 25.9 Å². The lowest BCUT2D eigenvalue weighted by atomic mass is 10.0. The number of piperazine rings is 1. The number of fused-ring (bicyclic) bond motifs is 1. The summed E-state index contributed by atoms with van der Waals surface area (Å²) in [7, 11) is 0. The van der Waals surface area contributed by atoms with Crippen LogP contribution in [0.15, 0.2) is 54.6 Å². The zero-order valence-corrected chi connectivity index (χ0v) is 16.8. The van der Waals surface area contributed by atoms with Gasteiger partial charge in [-0.1, -0.05) is 30.3 Å². The van der Waals surface area contributed by atoms with Gasteiger partial charge in [-0.25, -0.2) is 4.39 Å². The van der Waals surface area contributed by atoms with Crippen LogP contribution in [0.2, 0.25) is 0 Å². The molecule has 2 amide bonds. The van der Waals surface area contributed by atoms with Crippen LogP contribution in [-0.4, -0.2) is 47.9 Å². The molecular formula is C23H27FN4O2. The molecule has 2 aromatic rings. The number of hydrogen-bond donors (Lipinski definition) is 3. The molecule has 2 fully saturated rings. The molecule has 3 unspecified atom stereocenters. The van der Waals surface area contributed by atoms with Gasteiger partial charge in [-0.2, -0.15) is 0 Å². The first-order chi connectivity index (χ1) is 14.6. The first kappa shape index (κ1) is 20.5. The molecule has 30 heavy (non-hydrogen) atoms. The summed E-state index contributed by atoms with van der Waals surface area (Å²) in [6, 6.07) is 16.0. The van der Waals surface area contributed by atoms with Crippen LogP contribution in [0.3, 0.4) is 0 Å². The summed E-state index contributed by atoms with van der Waals surface area (Å²) in [5.74, 6) is -0.196. The van der Waals surface area contributed by atoms with Gasteiger partial charge in [0.1, 0.15) is 5.82 Å². The number of hydrogen-bond acceptors (Lipinski definition) is 4. The lowest BCUT2D eigenvalue weighted by Crippen LogP contribution is -2.57. The van der Waals surface area contributed by atoms with Gasteiger partial charge in [-0.3, -0.25) is 14.5 Å². The number of para-hydroxylation sites is 1. The molecule has 0 aromatic heterocycles. The SMILES string of the molecule is O=C(CCC1CNC(=O)C2CC(NCc3ccc(F)cc3)CN12)Nc1ccccc1. The molecule has 0 spiro atoms. The van der Waals surface area contributed by atoms with Crippen molar-refractivity contribution in [1.82, 2.24) is 15.5 Å². The average Bonchev–Trinajstić information content (AvgIpc) is 3.19. The Balaban J connectivity index is 1.29. The lowest BCUT2D eigenvalue weighted by Gasteiger charge is -2.37. The summed E-state index contributed by atoms with van der Waals surface area (Å²) >= 11 is 0. The van der Waals surface area contributed by atoms with E-state index in [0.717, 1.165) is 24.2 Å². The summed E-state index contributed by atoms with van der Waals surface area (Å²) in [4.78, 5) is 26.9. The van der Waals surface area contributed by atoms with Gasteiger partial charge in [-0.15, -0.1) is 0 Å². The fraction of sp³-hybridized carbons (Fsp3) is 0.391. The van der Waals surface area contributed by atoms with Gasteiger partial charge >= 0.3 is 0 Å². The summed E-state index contributed by atoms with van der Waals surface area (Å²) in [6.45, 7) is 1.97. The molecule has 3 atom stereocenters. The fourth-order valence-electron chi connectivity index (χ4n) is 4.30. The van der Waals surface area contributed by atoms with Crippen LogP contribution in [0, 0.1) is 5.82 Å². The molecule has 4 rings (SSSR count). The van der Waals surface area contributed by atoms with E-state index in [9.17, 15) is 14.0 Å². The summed E-state index contributed by atoms with van der Waals surface area (Å²) in [5, 5.41) is 9.40. The van der Waals surface area contributed by atoms with Crippen LogP contribution in [0.5, 0.6) is 0 Å². The number of anilines is 1. The van der Waals surface area contributed by atoms with Crippen molar-refractivity contribution in [3.63, 3.8) is 0 Å². The monoisotopic (exact) mass is 410 g/mol. The number of nitrogens with one attached hydrogen (secondary N) is 3. The maximum Gasteiger partial charge on any atom is 0.237 e. The predicted octanol–water partition coefficient (Wildman–Crippen LogP) is 2.28. The van der Waals surface area contributed by atoms with Crippen LogP contribution in [0.1, 0.15) is 24.8 Å². The predicted molar refractivity (Wildman–Crippen MR) is 113 cm³/mol. The fourth-order valence-corrected chi connectivity index (χ4v) is 4.30. The normalized spacial score (nSPS) is 23.6. The van der Waals surface area contributed by atoms with Gasteiger partial charge in [0.05, 0.1) is 6.04 Å². The van der Waals surface area contributed by atoms with Crippen LogP contribution in [0.25, 0.3) is 0 Å². The molecule has 2 heterocycles. The third-order valence-corrected chi connectivity index (χ3v) is 5.89. The van der Waals surface area contributed by atoms with Gasteiger partial charge in [0.2, 0.25) is 11.8 Å². The first-order valence-corrected chi connectivity index (χ1v) is 10.4. The smallest absolute Gasteiger partial charge is 0.237 e. The van der Waals surface area contributed by atoms with Crippen molar-refractivity contribution in [2.75, 3.05) is 18.4 Å². The highest BCUT2D eigenvalue weighted by Gasteiger charge is 2.43. The van der Waals surface area contributed by atoms with E-state index in [4.69, 9.17) is 0 Å². The molecule has 6 nitrogen and oxygen atoms in total. The van der Waals surface area contributed by atoms with Crippen molar-refractivity contribution < 1.29 is 14.0 Å². The Hall–Kier alpha value is -2.77. The Kier molecular flexibility index (Phi) is 6.40. The number of nitrogens with zero attached hydrogens (tertiary/aromatic N) is 1. The van der Waals surface area contributed by atoms with E-state index in [-0.39, 0.29) is 35.8 Å². The van der Waals surface area contributed by atoms with Gasteiger partial charge in [0.15, 0.2) is 0 Å². The van der Waals surface area contributed by atoms with Crippen molar-refractivity contribution in [2.24, 2.45) is 0 Å². The van der Waals surface area contributed by atoms with E-state index < -0.39 is 0 Å². The quantitative estimate of drug-likeness (QED) is 0.655. The zero-order chi connectivity index (χ0) is 20.9. The van der Waals surface area contributed by atoms with Gasteiger partial charge in [0.25, 0.3) is 0 Å². The first-order valence-electron chi connectivity index (χ1n) is 10.4. The Morgan fingerprint density at radius 1 is 1.13 bits per heavy atom. The summed E-state index contributed by atoms with van der Waals surface area (Å²) < 4.78 is 13.1. The minimum atomic E-state index is -0.243. The lowest BCUT2D eigenvalue weighted by molar-refractivity contribution is -0.129. The van der Waals surface area contributed by atoms with E-state index in [1.54, 1.807) is 12.1 Å².